The van der Waals surface area contributed by atoms with Crippen molar-refractivity contribution in [2.75, 3.05) is 32.8 Å². The number of hydrogen-bond donors (Lipinski definition) is 1. The van der Waals surface area contributed by atoms with E-state index in [0.717, 1.165) is 6.42 Å². The summed E-state index contributed by atoms with van der Waals surface area (Å²) in [5, 5.41) is 5.05. The zero-order valence-corrected chi connectivity index (χ0v) is 10.9. The average Bonchev–Trinajstić information content (AvgIpc) is 2.76. The van der Waals surface area contributed by atoms with Crippen molar-refractivity contribution in [2.45, 2.75) is 13.3 Å². The first-order valence-electron chi connectivity index (χ1n) is 5.91. The van der Waals surface area contributed by atoms with E-state index in [1.807, 2.05) is 4.90 Å². The molecule has 0 saturated carbocycles. The van der Waals surface area contributed by atoms with E-state index in [1.165, 1.54) is 10.4 Å². The summed E-state index contributed by atoms with van der Waals surface area (Å²) in [6.45, 7) is 5.51. The van der Waals surface area contributed by atoms with Gasteiger partial charge in [-0.2, -0.15) is 0 Å². The number of rotatable bonds is 3. The summed E-state index contributed by atoms with van der Waals surface area (Å²) in [5.41, 5.74) is 1.32. The number of aryl methyl sites for hydroxylation is 1. The van der Waals surface area contributed by atoms with E-state index in [1.54, 1.807) is 11.3 Å². The first-order valence-corrected chi connectivity index (χ1v) is 6.79. The van der Waals surface area contributed by atoms with Gasteiger partial charge >= 0.3 is 6.03 Å². The lowest BCUT2D eigenvalue weighted by Gasteiger charge is -2.26. The standard InChI is InChI=1S/C12H18N2O2S/c1-10-3-9-17-11(10)2-4-13-12(15)14-5-7-16-8-6-14/h3,9H,2,4-8H2,1H3,(H,13,15). The number of hydrogen-bond acceptors (Lipinski definition) is 3. The van der Waals surface area contributed by atoms with Crippen molar-refractivity contribution in [3.8, 4) is 0 Å². The van der Waals surface area contributed by atoms with Gasteiger partial charge in [0.05, 0.1) is 13.2 Å². The molecular weight excluding hydrogens is 236 g/mol. The lowest BCUT2D eigenvalue weighted by molar-refractivity contribution is 0.0533. The summed E-state index contributed by atoms with van der Waals surface area (Å²) in [6.07, 6.45) is 0.916. The molecule has 1 saturated heterocycles. The van der Waals surface area contributed by atoms with E-state index in [9.17, 15) is 4.79 Å². The highest BCUT2D eigenvalue weighted by molar-refractivity contribution is 7.10. The van der Waals surface area contributed by atoms with Crippen LogP contribution >= 0.6 is 11.3 Å². The van der Waals surface area contributed by atoms with E-state index >= 15 is 0 Å². The van der Waals surface area contributed by atoms with Crippen LogP contribution in [0.5, 0.6) is 0 Å². The monoisotopic (exact) mass is 254 g/mol. The topological polar surface area (TPSA) is 41.6 Å². The lowest BCUT2D eigenvalue weighted by atomic mass is 10.2. The summed E-state index contributed by atoms with van der Waals surface area (Å²) in [4.78, 5) is 14.9. The molecule has 1 aromatic rings. The fourth-order valence-corrected chi connectivity index (χ4v) is 2.73. The number of carbonyl (C=O) groups is 1. The van der Waals surface area contributed by atoms with Gasteiger partial charge in [0.15, 0.2) is 0 Å². The van der Waals surface area contributed by atoms with E-state index in [0.29, 0.717) is 32.8 Å². The van der Waals surface area contributed by atoms with Crippen LogP contribution in [-0.2, 0) is 11.2 Å². The molecular formula is C12H18N2O2S. The van der Waals surface area contributed by atoms with Crippen LogP contribution in [-0.4, -0.2) is 43.8 Å². The maximum atomic E-state index is 11.8. The maximum Gasteiger partial charge on any atom is 0.317 e. The Balaban J connectivity index is 1.71. The summed E-state index contributed by atoms with van der Waals surface area (Å²) >= 11 is 1.75. The van der Waals surface area contributed by atoms with E-state index in [2.05, 4.69) is 23.7 Å². The second-order valence-corrected chi connectivity index (χ2v) is 5.11. The molecule has 1 N–H and O–H groups in total. The van der Waals surface area contributed by atoms with Gasteiger partial charge in [-0.1, -0.05) is 0 Å². The van der Waals surface area contributed by atoms with Crippen LogP contribution in [0, 0.1) is 6.92 Å². The predicted octanol–water partition coefficient (Wildman–Crippen LogP) is 1.64. The summed E-state index contributed by atoms with van der Waals surface area (Å²) in [5.74, 6) is 0. The zero-order chi connectivity index (χ0) is 12.1. The number of amides is 2. The van der Waals surface area contributed by atoms with Crippen LogP contribution in [0.4, 0.5) is 4.79 Å². The number of thiophene rings is 1. The fraction of sp³-hybridized carbons (Fsp3) is 0.583. The predicted molar refractivity (Wildman–Crippen MR) is 68.6 cm³/mol. The maximum absolute atomic E-state index is 11.8. The number of ether oxygens (including phenoxy) is 1. The van der Waals surface area contributed by atoms with Gasteiger partial charge in [-0.05, 0) is 30.4 Å². The summed E-state index contributed by atoms with van der Waals surface area (Å²) < 4.78 is 5.21. The van der Waals surface area contributed by atoms with Crippen LogP contribution in [0.2, 0.25) is 0 Å². The largest absolute Gasteiger partial charge is 0.378 e. The van der Waals surface area contributed by atoms with Crippen LogP contribution in [0.15, 0.2) is 11.4 Å². The normalized spacial score (nSPS) is 15.9. The highest BCUT2D eigenvalue weighted by atomic mass is 32.1. The molecule has 1 aliphatic heterocycles. The van der Waals surface area contributed by atoms with Crippen molar-refractivity contribution in [3.63, 3.8) is 0 Å². The number of carbonyl (C=O) groups excluding carboxylic acids is 1. The molecule has 1 aromatic heterocycles. The molecule has 4 nitrogen and oxygen atoms in total. The highest BCUT2D eigenvalue weighted by Gasteiger charge is 2.15. The second kappa shape index (κ2) is 6.02. The minimum Gasteiger partial charge on any atom is -0.378 e. The Morgan fingerprint density at radius 3 is 2.94 bits per heavy atom. The zero-order valence-electron chi connectivity index (χ0n) is 10.1. The first-order chi connectivity index (χ1) is 8.27. The number of nitrogens with zero attached hydrogens (tertiary/aromatic N) is 1. The van der Waals surface area contributed by atoms with Gasteiger partial charge in [0.25, 0.3) is 0 Å². The number of urea groups is 1. The van der Waals surface area contributed by atoms with Crippen molar-refractivity contribution in [1.29, 1.82) is 0 Å². The van der Waals surface area contributed by atoms with E-state index in [-0.39, 0.29) is 6.03 Å². The Morgan fingerprint density at radius 1 is 1.53 bits per heavy atom. The molecule has 0 aromatic carbocycles. The quantitative estimate of drug-likeness (QED) is 0.891. The molecule has 1 aliphatic rings. The van der Waals surface area contributed by atoms with Gasteiger partial charge in [-0.15, -0.1) is 11.3 Å². The Kier molecular flexibility index (Phi) is 4.39. The van der Waals surface area contributed by atoms with E-state index < -0.39 is 0 Å². The van der Waals surface area contributed by atoms with Crippen LogP contribution in [0.3, 0.4) is 0 Å². The number of morpholine rings is 1. The molecule has 0 unspecified atom stereocenters. The molecule has 0 spiro atoms. The minimum absolute atomic E-state index is 0.0301. The minimum atomic E-state index is 0.0301. The van der Waals surface area contributed by atoms with Crippen LogP contribution in [0.25, 0.3) is 0 Å². The molecule has 17 heavy (non-hydrogen) atoms. The molecule has 0 bridgehead atoms. The van der Waals surface area contributed by atoms with Crippen molar-refractivity contribution < 1.29 is 9.53 Å². The molecule has 2 rings (SSSR count). The van der Waals surface area contributed by atoms with Crippen molar-refractivity contribution in [3.05, 3.63) is 21.9 Å². The van der Waals surface area contributed by atoms with E-state index in [4.69, 9.17) is 4.74 Å². The Hall–Kier alpha value is -1.07. The summed E-state index contributed by atoms with van der Waals surface area (Å²) in [7, 11) is 0. The molecule has 94 valence electrons. The first kappa shape index (κ1) is 12.4. The van der Waals surface area contributed by atoms with Crippen LogP contribution in [0.1, 0.15) is 10.4 Å². The van der Waals surface area contributed by atoms with Crippen LogP contribution < -0.4 is 5.32 Å². The van der Waals surface area contributed by atoms with Gasteiger partial charge in [-0.3, -0.25) is 0 Å². The molecule has 2 amide bonds. The van der Waals surface area contributed by atoms with Gasteiger partial charge < -0.3 is 15.0 Å². The Bertz CT molecular complexity index is 372. The van der Waals surface area contributed by atoms with Crippen molar-refractivity contribution in [2.24, 2.45) is 0 Å². The molecule has 1 fully saturated rings. The van der Waals surface area contributed by atoms with Crippen molar-refractivity contribution >= 4 is 17.4 Å². The Labute approximate surface area is 106 Å². The van der Waals surface area contributed by atoms with Gasteiger partial charge in [-0.25, -0.2) is 4.79 Å². The average molecular weight is 254 g/mol. The fourth-order valence-electron chi connectivity index (χ4n) is 1.82. The molecule has 0 atom stereocenters. The molecule has 5 heteroatoms. The third kappa shape index (κ3) is 3.44. The third-order valence-corrected chi connectivity index (χ3v) is 3.98. The SMILES string of the molecule is Cc1ccsc1CCNC(=O)N1CCOCC1. The Morgan fingerprint density at radius 2 is 2.29 bits per heavy atom. The van der Waals surface area contributed by atoms with Gasteiger partial charge in [0, 0.05) is 24.5 Å². The molecule has 2 heterocycles. The molecule has 0 radical (unpaired) electrons. The third-order valence-electron chi connectivity index (χ3n) is 2.89. The van der Waals surface area contributed by atoms with Gasteiger partial charge in [0.1, 0.15) is 0 Å². The smallest absolute Gasteiger partial charge is 0.317 e. The second-order valence-electron chi connectivity index (χ2n) is 4.11. The van der Waals surface area contributed by atoms with Gasteiger partial charge in [0.2, 0.25) is 0 Å². The van der Waals surface area contributed by atoms with Crippen molar-refractivity contribution in [1.82, 2.24) is 10.2 Å². The highest BCUT2D eigenvalue weighted by Crippen LogP contribution is 2.15. The lowest BCUT2D eigenvalue weighted by Crippen LogP contribution is -2.46. The number of nitrogens with one attached hydrogen (secondary N) is 1. The summed E-state index contributed by atoms with van der Waals surface area (Å²) in [6, 6.07) is 2.14. The molecule has 0 aliphatic carbocycles.